The van der Waals surface area contributed by atoms with Crippen LogP contribution in [0.1, 0.15) is 37.3 Å². The Morgan fingerprint density at radius 1 is 1.23 bits per heavy atom. The number of benzene rings is 1. The van der Waals surface area contributed by atoms with Gasteiger partial charge >= 0.3 is 0 Å². The Balaban J connectivity index is 2.23. The largest absolute Gasteiger partial charge is 0.0764 e. The third kappa shape index (κ3) is 1.67. The molecule has 0 fully saturated rings. The lowest BCUT2D eigenvalue weighted by atomic mass is 9.92. The van der Waals surface area contributed by atoms with Gasteiger partial charge in [-0.05, 0) is 23.5 Å². The molecule has 1 aromatic rings. The van der Waals surface area contributed by atoms with Crippen molar-refractivity contribution in [2.24, 2.45) is 5.92 Å². The van der Waals surface area contributed by atoms with Crippen molar-refractivity contribution < 1.29 is 0 Å². The van der Waals surface area contributed by atoms with Gasteiger partial charge in [-0.3, -0.25) is 0 Å². The summed E-state index contributed by atoms with van der Waals surface area (Å²) in [5.74, 6) is 1.44. The summed E-state index contributed by atoms with van der Waals surface area (Å²) >= 11 is 0. The molecule has 13 heavy (non-hydrogen) atoms. The molecule has 0 heteroatoms. The van der Waals surface area contributed by atoms with E-state index in [1.807, 2.05) is 0 Å². The van der Waals surface area contributed by atoms with Gasteiger partial charge in [0.2, 0.25) is 0 Å². The molecule has 0 aromatic heterocycles. The first-order valence-corrected chi connectivity index (χ1v) is 5.04. The second kappa shape index (κ2) is 3.37. The molecule has 2 rings (SSSR count). The summed E-state index contributed by atoms with van der Waals surface area (Å²) in [6, 6.07) is 8.70. The summed E-state index contributed by atoms with van der Waals surface area (Å²) in [7, 11) is 0. The van der Waals surface area contributed by atoms with Crippen LogP contribution in [-0.4, -0.2) is 0 Å². The Morgan fingerprint density at radius 3 is 2.77 bits per heavy atom. The quantitative estimate of drug-likeness (QED) is 0.635. The fourth-order valence-electron chi connectivity index (χ4n) is 2.04. The summed E-state index contributed by atoms with van der Waals surface area (Å²) in [6.45, 7) is 4.57. The van der Waals surface area contributed by atoms with Crippen molar-refractivity contribution >= 4 is 6.08 Å². The molecule has 0 spiro atoms. The molecule has 0 heterocycles. The molecule has 1 aliphatic carbocycles. The lowest BCUT2D eigenvalue weighted by Gasteiger charge is -2.12. The van der Waals surface area contributed by atoms with E-state index < -0.39 is 0 Å². The maximum atomic E-state index is 2.34. The third-order valence-electron chi connectivity index (χ3n) is 2.63. The summed E-state index contributed by atoms with van der Waals surface area (Å²) in [5.41, 5.74) is 2.92. The van der Waals surface area contributed by atoms with Crippen LogP contribution in [-0.2, 0) is 0 Å². The molecule has 0 saturated carbocycles. The van der Waals surface area contributed by atoms with E-state index in [1.165, 1.54) is 17.5 Å². The Labute approximate surface area is 80.3 Å². The van der Waals surface area contributed by atoms with Gasteiger partial charge in [-0.15, -0.1) is 0 Å². The van der Waals surface area contributed by atoms with Gasteiger partial charge in [-0.25, -0.2) is 0 Å². The van der Waals surface area contributed by atoms with Gasteiger partial charge in [0.05, 0.1) is 0 Å². The SMILES string of the molecule is CC(C)CC1C=Cc2ccccc21. The lowest BCUT2D eigenvalue weighted by molar-refractivity contribution is 0.553. The summed E-state index contributed by atoms with van der Waals surface area (Å²) in [6.07, 6.45) is 5.86. The van der Waals surface area contributed by atoms with Gasteiger partial charge < -0.3 is 0 Å². The standard InChI is InChI=1S/C13H16/c1-10(2)9-12-8-7-11-5-3-4-6-13(11)12/h3-8,10,12H,9H2,1-2H3. The first kappa shape index (κ1) is 8.55. The van der Waals surface area contributed by atoms with Gasteiger partial charge in [0.15, 0.2) is 0 Å². The molecule has 0 bridgehead atoms. The van der Waals surface area contributed by atoms with Gasteiger partial charge in [0.25, 0.3) is 0 Å². The maximum absolute atomic E-state index is 2.34. The van der Waals surface area contributed by atoms with Crippen LogP contribution in [0.4, 0.5) is 0 Å². The van der Waals surface area contributed by atoms with E-state index in [9.17, 15) is 0 Å². The molecule has 0 amide bonds. The minimum absolute atomic E-state index is 0.663. The molecular weight excluding hydrogens is 156 g/mol. The number of fused-ring (bicyclic) bond motifs is 1. The van der Waals surface area contributed by atoms with Crippen molar-refractivity contribution in [3.63, 3.8) is 0 Å². The monoisotopic (exact) mass is 172 g/mol. The first-order chi connectivity index (χ1) is 6.27. The molecule has 0 radical (unpaired) electrons. The van der Waals surface area contributed by atoms with Gasteiger partial charge in [-0.1, -0.05) is 50.3 Å². The van der Waals surface area contributed by atoms with E-state index in [2.05, 4.69) is 50.3 Å². The lowest BCUT2D eigenvalue weighted by Crippen LogP contribution is -1.98. The predicted molar refractivity (Wildman–Crippen MR) is 57.7 cm³/mol. The molecule has 1 unspecified atom stereocenters. The van der Waals surface area contributed by atoms with Gasteiger partial charge in [0.1, 0.15) is 0 Å². The predicted octanol–water partition coefficient (Wildman–Crippen LogP) is 3.84. The fraction of sp³-hybridized carbons (Fsp3) is 0.385. The zero-order chi connectivity index (χ0) is 9.26. The minimum atomic E-state index is 0.663. The number of allylic oxidation sites excluding steroid dienone is 1. The van der Waals surface area contributed by atoms with Crippen LogP contribution in [0.15, 0.2) is 30.3 Å². The van der Waals surface area contributed by atoms with E-state index in [1.54, 1.807) is 0 Å². The van der Waals surface area contributed by atoms with Gasteiger partial charge in [0, 0.05) is 5.92 Å². The van der Waals surface area contributed by atoms with Crippen molar-refractivity contribution in [1.29, 1.82) is 0 Å². The zero-order valence-corrected chi connectivity index (χ0v) is 8.33. The number of rotatable bonds is 2. The molecule has 0 N–H and O–H groups in total. The Morgan fingerprint density at radius 2 is 2.00 bits per heavy atom. The van der Waals surface area contributed by atoms with Crippen LogP contribution in [0, 0.1) is 5.92 Å². The average Bonchev–Trinajstić information content (AvgIpc) is 2.48. The highest BCUT2D eigenvalue weighted by atomic mass is 14.2. The summed E-state index contributed by atoms with van der Waals surface area (Å²) in [5, 5.41) is 0. The zero-order valence-electron chi connectivity index (χ0n) is 8.33. The Bertz CT molecular complexity index is 321. The third-order valence-corrected chi connectivity index (χ3v) is 2.63. The highest BCUT2D eigenvalue weighted by Crippen LogP contribution is 2.33. The van der Waals surface area contributed by atoms with Gasteiger partial charge in [-0.2, -0.15) is 0 Å². The molecule has 0 nitrogen and oxygen atoms in total. The minimum Gasteiger partial charge on any atom is -0.0764 e. The van der Waals surface area contributed by atoms with Crippen LogP contribution >= 0.6 is 0 Å². The van der Waals surface area contributed by atoms with E-state index in [4.69, 9.17) is 0 Å². The van der Waals surface area contributed by atoms with Crippen LogP contribution in [0.2, 0.25) is 0 Å². The van der Waals surface area contributed by atoms with E-state index in [0.29, 0.717) is 5.92 Å². The van der Waals surface area contributed by atoms with Crippen LogP contribution < -0.4 is 0 Å². The molecule has 1 aliphatic rings. The Hall–Kier alpha value is -1.04. The second-order valence-corrected chi connectivity index (χ2v) is 4.22. The van der Waals surface area contributed by atoms with Crippen molar-refractivity contribution in [2.75, 3.05) is 0 Å². The highest BCUT2D eigenvalue weighted by molar-refractivity contribution is 5.62. The van der Waals surface area contributed by atoms with E-state index >= 15 is 0 Å². The van der Waals surface area contributed by atoms with E-state index in [0.717, 1.165) is 5.92 Å². The number of hydrogen-bond donors (Lipinski definition) is 0. The van der Waals surface area contributed by atoms with Crippen molar-refractivity contribution in [1.82, 2.24) is 0 Å². The van der Waals surface area contributed by atoms with E-state index in [-0.39, 0.29) is 0 Å². The van der Waals surface area contributed by atoms with Crippen molar-refractivity contribution in [2.45, 2.75) is 26.2 Å². The van der Waals surface area contributed by atoms with Crippen molar-refractivity contribution in [3.05, 3.63) is 41.5 Å². The first-order valence-electron chi connectivity index (χ1n) is 5.04. The van der Waals surface area contributed by atoms with Crippen LogP contribution in [0.3, 0.4) is 0 Å². The molecular formula is C13H16. The summed E-state index contributed by atoms with van der Waals surface area (Å²) < 4.78 is 0. The smallest absolute Gasteiger partial charge is 0.00296 e. The summed E-state index contributed by atoms with van der Waals surface area (Å²) in [4.78, 5) is 0. The molecule has 1 atom stereocenters. The normalized spacial score (nSPS) is 19.5. The number of hydrogen-bond acceptors (Lipinski definition) is 0. The molecule has 68 valence electrons. The van der Waals surface area contributed by atoms with Crippen LogP contribution in [0.5, 0.6) is 0 Å². The second-order valence-electron chi connectivity index (χ2n) is 4.22. The fourth-order valence-corrected chi connectivity index (χ4v) is 2.04. The Kier molecular flexibility index (Phi) is 2.22. The van der Waals surface area contributed by atoms with Crippen LogP contribution in [0.25, 0.3) is 6.08 Å². The average molecular weight is 172 g/mol. The topological polar surface area (TPSA) is 0 Å². The van der Waals surface area contributed by atoms with Crippen molar-refractivity contribution in [3.8, 4) is 0 Å². The molecule has 0 aliphatic heterocycles. The molecule has 0 saturated heterocycles. The molecule has 1 aromatic carbocycles. The highest BCUT2D eigenvalue weighted by Gasteiger charge is 2.16. The maximum Gasteiger partial charge on any atom is 0.00296 e.